The van der Waals surface area contributed by atoms with Crippen molar-refractivity contribution >= 4 is 52.2 Å². The Balaban J connectivity index is 1.30. The van der Waals surface area contributed by atoms with Crippen LogP contribution in [0.1, 0.15) is 12.0 Å². The molecule has 1 aromatic carbocycles. The molecule has 2 aromatic rings. The second kappa shape index (κ2) is 8.22. The Morgan fingerprint density at radius 3 is 2.78 bits per heavy atom. The quantitative estimate of drug-likeness (QED) is 0.820. The molecule has 0 aliphatic carbocycles. The van der Waals surface area contributed by atoms with Crippen molar-refractivity contribution in [2.75, 3.05) is 31.5 Å². The van der Waals surface area contributed by atoms with Gasteiger partial charge >= 0.3 is 0 Å². The van der Waals surface area contributed by atoms with Gasteiger partial charge in [-0.05, 0) is 40.6 Å². The van der Waals surface area contributed by atoms with Gasteiger partial charge in [-0.3, -0.25) is 14.5 Å². The lowest BCUT2D eigenvalue weighted by Gasteiger charge is -2.35. The lowest BCUT2D eigenvalue weighted by molar-refractivity contribution is -0.134. The van der Waals surface area contributed by atoms with Crippen molar-refractivity contribution in [1.29, 1.82) is 0 Å². The molecule has 2 aliphatic rings. The van der Waals surface area contributed by atoms with E-state index in [9.17, 15) is 9.59 Å². The lowest BCUT2D eigenvalue weighted by atomic mass is 10.2. The number of carbonyl (C=O) groups excluding carboxylic acids is 2. The largest absolute Gasteiger partial charge is 0.340 e. The molecule has 0 bridgehead atoms. The predicted molar refractivity (Wildman–Crippen MR) is 111 cm³/mol. The van der Waals surface area contributed by atoms with Gasteiger partial charge in [-0.15, -0.1) is 11.8 Å². The first-order valence-electron chi connectivity index (χ1n) is 8.87. The molecule has 0 spiro atoms. The number of piperazine rings is 1. The molecule has 3 heterocycles. The molecule has 1 N–H and O–H groups in total. The number of thiophene rings is 1. The summed E-state index contributed by atoms with van der Waals surface area (Å²) in [6, 6.07) is 7.58. The minimum absolute atomic E-state index is 0.0512. The minimum atomic E-state index is -0.394. The number of nitrogens with zero attached hydrogens (tertiary/aromatic N) is 2. The van der Waals surface area contributed by atoms with Crippen LogP contribution < -0.4 is 5.32 Å². The molecule has 27 heavy (non-hydrogen) atoms. The summed E-state index contributed by atoms with van der Waals surface area (Å²) in [5, 5.41) is 7.32. The van der Waals surface area contributed by atoms with E-state index in [4.69, 9.17) is 11.6 Å². The first-order valence-corrected chi connectivity index (χ1v) is 11.1. The molecule has 1 unspecified atom stereocenters. The van der Waals surface area contributed by atoms with E-state index in [2.05, 4.69) is 27.0 Å². The van der Waals surface area contributed by atoms with Crippen LogP contribution >= 0.6 is 34.7 Å². The van der Waals surface area contributed by atoms with Crippen molar-refractivity contribution in [2.24, 2.45) is 0 Å². The van der Waals surface area contributed by atoms with Crippen LogP contribution in [-0.2, 0) is 16.1 Å². The van der Waals surface area contributed by atoms with Crippen molar-refractivity contribution in [3.05, 3.63) is 45.6 Å². The molecule has 2 aliphatic heterocycles. The maximum absolute atomic E-state index is 12.7. The van der Waals surface area contributed by atoms with Crippen LogP contribution in [0.4, 0.5) is 5.69 Å². The molecular weight excluding hydrogens is 402 g/mol. The molecule has 5 nitrogen and oxygen atoms in total. The maximum atomic E-state index is 12.7. The van der Waals surface area contributed by atoms with Crippen LogP contribution in [0, 0.1) is 0 Å². The molecule has 4 rings (SSSR count). The van der Waals surface area contributed by atoms with E-state index >= 15 is 0 Å². The molecule has 2 amide bonds. The minimum Gasteiger partial charge on any atom is -0.340 e. The van der Waals surface area contributed by atoms with Crippen LogP contribution in [0.15, 0.2) is 39.9 Å². The summed E-state index contributed by atoms with van der Waals surface area (Å²) in [5.74, 6) is -0.0746. The Labute approximate surface area is 171 Å². The van der Waals surface area contributed by atoms with Crippen molar-refractivity contribution in [1.82, 2.24) is 9.80 Å². The molecule has 1 saturated heterocycles. The van der Waals surface area contributed by atoms with Gasteiger partial charge in [0.05, 0.1) is 10.9 Å². The Morgan fingerprint density at radius 2 is 2.04 bits per heavy atom. The monoisotopic (exact) mass is 421 g/mol. The van der Waals surface area contributed by atoms with Gasteiger partial charge in [0.15, 0.2) is 0 Å². The number of thioether (sulfide) groups is 1. The molecule has 1 atom stereocenters. The van der Waals surface area contributed by atoms with Gasteiger partial charge in [-0.1, -0.05) is 11.6 Å². The highest BCUT2D eigenvalue weighted by Gasteiger charge is 2.31. The van der Waals surface area contributed by atoms with Gasteiger partial charge in [0, 0.05) is 49.1 Å². The smallest absolute Gasteiger partial charge is 0.238 e. The van der Waals surface area contributed by atoms with Gasteiger partial charge < -0.3 is 10.2 Å². The SMILES string of the molecule is O=C1Nc2cc(Cl)ccc2SC1CC(=O)N1CCN(Cc2ccsc2)CC1. The summed E-state index contributed by atoms with van der Waals surface area (Å²) in [6.45, 7) is 4.11. The van der Waals surface area contributed by atoms with E-state index in [1.807, 2.05) is 11.0 Å². The highest BCUT2D eigenvalue weighted by atomic mass is 35.5. The summed E-state index contributed by atoms with van der Waals surface area (Å²) >= 11 is 9.13. The third-order valence-corrected chi connectivity index (χ3v) is 7.07. The maximum Gasteiger partial charge on any atom is 0.238 e. The van der Waals surface area contributed by atoms with Crippen LogP contribution in [0.5, 0.6) is 0 Å². The second-order valence-corrected chi connectivity index (χ2v) is 9.19. The second-order valence-electron chi connectivity index (χ2n) is 6.73. The van der Waals surface area contributed by atoms with E-state index < -0.39 is 5.25 Å². The molecule has 0 saturated carbocycles. The number of benzene rings is 1. The average Bonchev–Trinajstić information content (AvgIpc) is 3.16. The number of halogens is 1. The average molecular weight is 422 g/mol. The fourth-order valence-corrected chi connectivity index (χ4v) is 5.25. The topological polar surface area (TPSA) is 52.7 Å². The summed E-state index contributed by atoms with van der Waals surface area (Å²) in [6.07, 6.45) is 0.225. The van der Waals surface area contributed by atoms with Gasteiger partial charge in [0.25, 0.3) is 0 Å². The highest BCUT2D eigenvalue weighted by Crippen LogP contribution is 2.38. The molecular formula is C19H20ClN3O2S2. The number of fused-ring (bicyclic) bond motifs is 1. The van der Waals surface area contributed by atoms with Gasteiger partial charge in [0.2, 0.25) is 11.8 Å². The fourth-order valence-electron chi connectivity index (χ4n) is 3.34. The van der Waals surface area contributed by atoms with E-state index in [-0.39, 0.29) is 18.2 Å². The van der Waals surface area contributed by atoms with Gasteiger partial charge in [0.1, 0.15) is 0 Å². The Hall–Kier alpha value is -1.54. The number of hydrogen-bond donors (Lipinski definition) is 1. The van der Waals surface area contributed by atoms with Crippen LogP contribution in [0.2, 0.25) is 5.02 Å². The number of nitrogens with one attached hydrogen (secondary N) is 1. The van der Waals surface area contributed by atoms with Crippen LogP contribution in [0.3, 0.4) is 0 Å². The Morgan fingerprint density at radius 1 is 1.22 bits per heavy atom. The molecule has 1 aromatic heterocycles. The van der Waals surface area contributed by atoms with Crippen molar-refractivity contribution in [2.45, 2.75) is 23.1 Å². The third kappa shape index (κ3) is 4.48. The van der Waals surface area contributed by atoms with E-state index in [1.165, 1.54) is 17.3 Å². The first kappa shape index (κ1) is 18.8. The summed E-state index contributed by atoms with van der Waals surface area (Å²) in [4.78, 5) is 30.3. The number of hydrogen-bond acceptors (Lipinski definition) is 5. The van der Waals surface area contributed by atoms with E-state index in [0.717, 1.165) is 30.2 Å². The van der Waals surface area contributed by atoms with Gasteiger partial charge in [-0.25, -0.2) is 0 Å². The molecule has 8 heteroatoms. The standard InChI is InChI=1S/C19H20ClN3O2S2/c20-14-1-2-16-15(9-14)21-19(25)17(27-16)10-18(24)23-6-4-22(5-7-23)11-13-3-8-26-12-13/h1-3,8-9,12,17H,4-7,10-11H2,(H,21,25). The molecule has 142 valence electrons. The van der Waals surface area contributed by atoms with Gasteiger partial charge in [-0.2, -0.15) is 11.3 Å². The number of amides is 2. The van der Waals surface area contributed by atoms with Crippen LogP contribution in [0.25, 0.3) is 0 Å². The number of carbonyl (C=O) groups is 2. The zero-order chi connectivity index (χ0) is 18.8. The third-order valence-electron chi connectivity index (χ3n) is 4.83. The summed E-state index contributed by atoms with van der Waals surface area (Å²) in [7, 11) is 0. The lowest BCUT2D eigenvalue weighted by Crippen LogP contribution is -2.49. The van der Waals surface area contributed by atoms with Crippen molar-refractivity contribution < 1.29 is 9.59 Å². The summed E-state index contributed by atoms with van der Waals surface area (Å²) in [5.41, 5.74) is 2.05. The predicted octanol–water partition coefficient (Wildman–Crippen LogP) is 3.55. The normalized spacial score (nSPS) is 20.3. The van der Waals surface area contributed by atoms with E-state index in [1.54, 1.807) is 23.5 Å². The van der Waals surface area contributed by atoms with E-state index in [0.29, 0.717) is 18.1 Å². The summed E-state index contributed by atoms with van der Waals surface area (Å²) < 4.78 is 0. The van der Waals surface area contributed by atoms with Crippen LogP contribution in [-0.4, -0.2) is 53.0 Å². The zero-order valence-corrected chi connectivity index (χ0v) is 17.1. The first-order chi connectivity index (χ1) is 13.1. The van der Waals surface area contributed by atoms with Crippen molar-refractivity contribution in [3.8, 4) is 0 Å². The molecule has 0 radical (unpaired) electrons. The number of rotatable bonds is 4. The fraction of sp³-hybridized carbons (Fsp3) is 0.368. The Bertz CT molecular complexity index is 835. The highest BCUT2D eigenvalue weighted by molar-refractivity contribution is 8.01. The zero-order valence-electron chi connectivity index (χ0n) is 14.7. The Kier molecular flexibility index (Phi) is 5.73. The molecule has 1 fully saturated rings. The number of anilines is 1. The van der Waals surface area contributed by atoms with Crippen molar-refractivity contribution in [3.63, 3.8) is 0 Å².